The van der Waals surface area contributed by atoms with Gasteiger partial charge >= 0.3 is 5.97 Å². The SMILES string of the molecule is CC(=O)C=O.CC(C)(S)[C@@H](N)C(=O)O. The average molecular weight is 221 g/mol. The van der Waals surface area contributed by atoms with Gasteiger partial charge in [-0.15, -0.1) is 0 Å². The Labute approximate surface area is 88.1 Å². The van der Waals surface area contributed by atoms with E-state index in [2.05, 4.69) is 12.6 Å². The van der Waals surface area contributed by atoms with E-state index < -0.39 is 22.5 Å². The number of carboxylic acids is 1. The number of rotatable bonds is 3. The molecule has 0 aromatic heterocycles. The first-order valence-electron chi connectivity index (χ1n) is 3.79. The van der Waals surface area contributed by atoms with Gasteiger partial charge in [0, 0.05) is 11.7 Å². The molecular formula is C8H15NO4S. The Morgan fingerprint density at radius 3 is 1.79 bits per heavy atom. The van der Waals surface area contributed by atoms with Crippen LogP contribution >= 0.6 is 12.6 Å². The first-order valence-corrected chi connectivity index (χ1v) is 4.24. The van der Waals surface area contributed by atoms with Crippen molar-refractivity contribution in [1.29, 1.82) is 0 Å². The molecule has 0 saturated carbocycles. The van der Waals surface area contributed by atoms with Gasteiger partial charge in [0.15, 0.2) is 12.1 Å². The van der Waals surface area contributed by atoms with Gasteiger partial charge in [-0.3, -0.25) is 14.4 Å². The monoisotopic (exact) mass is 221 g/mol. The summed E-state index contributed by atoms with van der Waals surface area (Å²) in [5.41, 5.74) is 5.22. The lowest BCUT2D eigenvalue weighted by atomic mass is 10.1. The van der Waals surface area contributed by atoms with Crippen LogP contribution in [0.2, 0.25) is 0 Å². The van der Waals surface area contributed by atoms with Crippen molar-refractivity contribution in [2.75, 3.05) is 0 Å². The third kappa shape index (κ3) is 9.21. The highest BCUT2D eigenvalue weighted by Crippen LogP contribution is 2.15. The summed E-state index contributed by atoms with van der Waals surface area (Å²) in [5, 5.41) is 8.34. The van der Waals surface area contributed by atoms with Gasteiger partial charge in [-0.2, -0.15) is 12.6 Å². The summed E-state index contributed by atoms with van der Waals surface area (Å²) in [6, 6.07) is -0.902. The number of hydrogen-bond acceptors (Lipinski definition) is 5. The van der Waals surface area contributed by atoms with Gasteiger partial charge in [0.2, 0.25) is 0 Å². The Bertz CT molecular complexity index is 222. The van der Waals surface area contributed by atoms with Gasteiger partial charge in [-0.05, 0) is 13.8 Å². The zero-order valence-electron chi connectivity index (χ0n) is 8.35. The number of Topliss-reactive ketones (excluding diaryl/α,β-unsaturated/α-hetero) is 1. The van der Waals surface area contributed by atoms with Gasteiger partial charge < -0.3 is 10.8 Å². The van der Waals surface area contributed by atoms with Crippen molar-refractivity contribution in [2.24, 2.45) is 5.73 Å². The quantitative estimate of drug-likeness (QED) is 0.351. The normalized spacial score (nSPS) is 12.1. The van der Waals surface area contributed by atoms with Crippen LogP contribution in [0.4, 0.5) is 0 Å². The molecular weight excluding hydrogens is 206 g/mol. The highest BCUT2D eigenvalue weighted by atomic mass is 32.1. The third-order valence-electron chi connectivity index (χ3n) is 1.19. The number of aliphatic carboxylic acids is 1. The summed E-state index contributed by atoms with van der Waals surface area (Å²) in [4.78, 5) is 28.8. The Balaban J connectivity index is 0. The van der Waals surface area contributed by atoms with Crippen LogP contribution in [0.15, 0.2) is 0 Å². The standard InChI is InChI=1S/C5H11NO2S.C3H4O2/c1-5(2,9)3(6)4(7)8;1-3(5)2-4/h3,9H,6H2,1-2H3,(H,7,8);2H,1H3/t3-;/m0./s1. The maximum Gasteiger partial charge on any atom is 0.321 e. The Morgan fingerprint density at radius 2 is 1.79 bits per heavy atom. The number of carboxylic acid groups (broad SMARTS) is 1. The molecule has 3 N–H and O–H groups in total. The Morgan fingerprint density at radius 1 is 1.50 bits per heavy atom. The van der Waals surface area contributed by atoms with Crippen molar-refractivity contribution >= 4 is 30.7 Å². The van der Waals surface area contributed by atoms with Crippen molar-refractivity contribution in [3.63, 3.8) is 0 Å². The van der Waals surface area contributed by atoms with Gasteiger partial charge in [-0.25, -0.2) is 0 Å². The van der Waals surface area contributed by atoms with E-state index in [1.54, 1.807) is 13.8 Å². The lowest BCUT2D eigenvalue weighted by molar-refractivity contribution is -0.139. The lowest BCUT2D eigenvalue weighted by Crippen LogP contribution is -2.45. The van der Waals surface area contributed by atoms with Crippen LogP contribution in [-0.2, 0) is 14.4 Å². The Hall–Kier alpha value is -0.880. The van der Waals surface area contributed by atoms with Crippen molar-refractivity contribution in [3.05, 3.63) is 0 Å². The topological polar surface area (TPSA) is 97.5 Å². The van der Waals surface area contributed by atoms with E-state index in [-0.39, 0.29) is 6.29 Å². The highest BCUT2D eigenvalue weighted by molar-refractivity contribution is 7.81. The summed E-state index contributed by atoms with van der Waals surface area (Å²) in [6.07, 6.45) is 0.278. The molecule has 0 bridgehead atoms. The summed E-state index contributed by atoms with van der Waals surface area (Å²) < 4.78 is -0.647. The van der Waals surface area contributed by atoms with Gasteiger partial charge in [0.05, 0.1) is 0 Å². The smallest absolute Gasteiger partial charge is 0.321 e. The zero-order chi connectivity index (χ0) is 11.9. The second-order valence-electron chi connectivity index (χ2n) is 3.20. The second kappa shape index (κ2) is 6.56. The van der Waals surface area contributed by atoms with Gasteiger partial charge in [0.1, 0.15) is 6.04 Å². The molecule has 0 radical (unpaired) electrons. The molecule has 1 atom stereocenters. The minimum absolute atomic E-state index is 0.278. The zero-order valence-corrected chi connectivity index (χ0v) is 9.25. The predicted molar refractivity (Wildman–Crippen MR) is 55.4 cm³/mol. The summed E-state index contributed by atoms with van der Waals surface area (Å²) in [6.45, 7) is 4.54. The minimum atomic E-state index is -1.02. The second-order valence-corrected chi connectivity index (χ2v) is 4.35. The van der Waals surface area contributed by atoms with Crippen LogP contribution < -0.4 is 5.73 Å². The molecule has 6 heteroatoms. The summed E-state index contributed by atoms with van der Waals surface area (Å²) in [5.74, 6) is -1.44. The number of carbonyl (C=O) groups is 3. The average Bonchev–Trinajstić information content (AvgIpc) is 2.02. The molecule has 0 saturated heterocycles. The summed E-state index contributed by atoms with van der Waals surface area (Å²) >= 11 is 3.98. The molecule has 0 aliphatic carbocycles. The van der Waals surface area contributed by atoms with E-state index in [0.29, 0.717) is 0 Å². The number of carbonyl (C=O) groups excluding carboxylic acids is 2. The fourth-order valence-corrected chi connectivity index (χ4v) is 0.413. The van der Waals surface area contributed by atoms with Crippen LogP contribution in [0.3, 0.4) is 0 Å². The van der Waals surface area contributed by atoms with E-state index in [9.17, 15) is 9.59 Å². The third-order valence-corrected chi connectivity index (χ3v) is 1.47. The molecule has 5 nitrogen and oxygen atoms in total. The molecule has 0 aromatic carbocycles. The van der Waals surface area contributed by atoms with Crippen LogP contribution in [-0.4, -0.2) is 33.9 Å². The number of ketones is 1. The van der Waals surface area contributed by atoms with Crippen molar-refractivity contribution in [2.45, 2.75) is 31.6 Å². The van der Waals surface area contributed by atoms with Gasteiger partial charge in [-0.1, -0.05) is 0 Å². The molecule has 0 aromatic rings. The molecule has 0 spiro atoms. The molecule has 0 fully saturated rings. The largest absolute Gasteiger partial charge is 0.480 e. The maximum absolute atomic E-state index is 10.2. The molecule has 0 rings (SSSR count). The minimum Gasteiger partial charge on any atom is -0.480 e. The van der Waals surface area contributed by atoms with Crippen molar-refractivity contribution < 1.29 is 19.5 Å². The first-order chi connectivity index (χ1) is 6.12. The first kappa shape index (κ1) is 15.6. The van der Waals surface area contributed by atoms with Crippen molar-refractivity contribution in [3.8, 4) is 0 Å². The molecule has 14 heavy (non-hydrogen) atoms. The number of thiol groups is 1. The van der Waals surface area contributed by atoms with E-state index in [4.69, 9.17) is 15.6 Å². The van der Waals surface area contributed by atoms with Crippen molar-refractivity contribution in [1.82, 2.24) is 0 Å². The molecule has 0 unspecified atom stereocenters. The fraction of sp³-hybridized carbons (Fsp3) is 0.625. The van der Waals surface area contributed by atoms with E-state index in [1.807, 2.05) is 0 Å². The molecule has 82 valence electrons. The molecule has 0 aliphatic rings. The van der Waals surface area contributed by atoms with Crippen LogP contribution in [0.1, 0.15) is 20.8 Å². The number of aldehydes is 1. The van der Waals surface area contributed by atoms with Crippen LogP contribution in [0, 0.1) is 0 Å². The highest BCUT2D eigenvalue weighted by Gasteiger charge is 2.27. The maximum atomic E-state index is 10.2. The summed E-state index contributed by atoms with van der Waals surface area (Å²) in [7, 11) is 0. The Kier molecular flexibility index (Phi) is 7.30. The van der Waals surface area contributed by atoms with E-state index >= 15 is 0 Å². The van der Waals surface area contributed by atoms with E-state index in [0.717, 1.165) is 0 Å². The van der Waals surface area contributed by atoms with Gasteiger partial charge in [0.25, 0.3) is 0 Å². The molecule has 0 aliphatic heterocycles. The van der Waals surface area contributed by atoms with Crippen LogP contribution in [0.5, 0.6) is 0 Å². The molecule has 0 amide bonds. The predicted octanol–water partition coefficient (Wildman–Crippen LogP) is -0.119. The molecule has 0 heterocycles. The number of hydrogen-bond donors (Lipinski definition) is 3. The van der Waals surface area contributed by atoms with E-state index in [1.165, 1.54) is 6.92 Å². The fourth-order valence-electron chi connectivity index (χ4n) is 0.302. The number of nitrogens with two attached hydrogens (primary N) is 1. The van der Waals surface area contributed by atoms with Crippen LogP contribution in [0.25, 0.3) is 0 Å². The lowest BCUT2D eigenvalue weighted by Gasteiger charge is -2.21.